The standard InChI is InChI=1S/C13H26N4O2/c1-3-6-15-12(18)9-16(2)13(19)10-17-7-4-5-11(17)8-14/h11H,3-10,14H2,1-2H3,(H,15,18). The van der Waals surface area contributed by atoms with Gasteiger partial charge in [-0.05, 0) is 25.8 Å². The van der Waals surface area contributed by atoms with Crippen molar-refractivity contribution in [1.82, 2.24) is 15.1 Å². The van der Waals surface area contributed by atoms with Crippen molar-refractivity contribution in [3.05, 3.63) is 0 Å². The Bertz CT molecular complexity index is 309. The number of hydrogen-bond acceptors (Lipinski definition) is 4. The Kier molecular flexibility index (Phi) is 6.80. The third kappa shape index (κ3) is 5.16. The summed E-state index contributed by atoms with van der Waals surface area (Å²) in [4.78, 5) is 27.2. The summed E-state index contributed by atoms with van der Waals surface area (Å²) in [6, 6.07) is 0.311. The summed E-state index contributed by atoms with van der Waals surface area (Å²) < 4.78 is 0. The molecule has 3 N–H and O–H groups in total. The number of amides is 2. The molecule has 19 heavy (non-hydrogen) atoms. The summed E-state index contributed by atoms with van der Waals surface area (Å²) in [5.41, 5.74) is 5.68. The first-order valence-corrected chi connectivity index (χ1v) is 7.03. The largest absolute Gasteiger partial charge is 0.355 e. The molecule has 0 radical (unpaired) electrons. The number of likely N-dealkylation sites (N-methyl/N-ethyl adjacent to an activating group) is 1. The fraction of sp³-hybridized carbons (Fsp3) is 0.846. The molecule has 1 aliphatic heterocycles. The molecule has 0 aromatic heterocycles. The highest BCUT2D eigenvalue weighted by atomic mass is 16.2. The maximum Gasteiger partial charge on any atom is 0.239 e. The van der Waals surface area contributed by atoms with Crippen molar-refractivity contribution in [1.29, 1.82) is 0 Å². The van der Waals surface area contributed by atoms with Gasteiger partial charge in [0.05, 0.1) is 13.1 Å². The molecule has 110 valence electrons. The molecule has 0 spiro atoms. The van der Waals surface area contributed by atoms with E-state index in [4.69, 9.17) is 5.73 Å². The van der Waals surface area contributed by atoms with Crippen molar-refractivity contribution in [2.24, 2.45) is 5.73 Å². The van der Waals surface area contributed by atoms with E-state index in [1.165, 1.54) is 4.90 Å². The van der Waals surface area contributed by atoms with Crippen LogP contribution in [0.2, 0.25) is 0 Å². The van der Waals surface area contributed by atoms with E-state index >= 15 is 0 Å². The van der Waals surface area contributed by atoms with Gasteiger partial charge < -0.3 is 16.0 Å². The first-order chi connectivity index (χ1) is 9.08. The highest BCUT2D eigenvalue weighted by molar-refractivity contribution is 5.85. The number of hydrogen-bond donors (Lipinski definition) is 2. The maximum atomic E-state index is 12.0. The second-order valence-corrected chi connectivity index (χ2v) is 5.10. The fourth-order valence-corrected chi connectivity index (χ4v) is 2.29. The molecule has 1 aliphatic rings. The number of nitrogens with two attached hydrogens (primary N) is 1. The van der Waals surface area contributed by atoms with Crippen molar-refractivity contribution in [2.45, 2.75) is 32.2 Å². The lowest BCUT2D eigenvalue weighted by atomic mass is 10.2. The summed E-state index contributed by atoms with van der Waals surface area (Å²) in [6.45, 7) is 4.65. The van der Waals surface area contributed by atoms with Crippen LogP contribution >= 0.6 is 0 Å². The molecular weight excluding hydrogens is 244 g/mol. The quantitative estimate of drug-likeness (QED) is 0.647. The minimum absolute atomic E-state index is 0.0213. The molecule has 1 saturated heterocycles. The first kappa shape index (κ1) is 15.9. The molecule has 0 aromatic carbocycles. The monoisotopic (exact) mass is 270 g/mol. The van der Waals surface area contributed by atoms with Gasteiger partial charge in [0.25, 0.3) is 0 Å². The van der Waals surface area contributed by atoms with Crippen LogP contribution in [0.1, 0.15) is 26.2 Å². The molecule has 6 nitrogen and oxygen atoms in total. The van der Waals surface area contributed by atoms with Crippen LogP contribution in [0.5, 0.6) is 0 Å². The third-order valence-electron chi connectivity index (χ3n) is 3.49. The molecule has 0 saturated carbocycles. The zero-order chi connectivity index (χ0) is 14.3. The zero-order valence-corrected chi connectivity index (χ0v) is 12.0. The van der Waals surface area contributed by atoms with Crippen LogP contribution in [0.3, 0.4) is 0 Å². The van der Waals surface area contributed by atoms with Crippen molar-refractivity contribution in [3.63, 3.8) is 0 Å². The summed E-state index contributed by atoms with van der Waals surface area (Å²) in [5, 5.41) is 2.77. The molecule has 0 aromatic rings. The van der Waals surface area contributed by atoms with E-state index in [0.29, 0.717) is 25.7 Å². The van der Waals surface area contributed by atoms with Crippen LogP contribution in [-0.2, 0) is 9.59 Å². The number of carbonyl (C=O) groups excluding carboxylic acids is 2. The predicted molar refractivity (Wildman–Crippen MR) is 74.6 cm³/mol. The third-order valence-corrected chi connectivity index (χ3v) is 3.49. The summed E-state index contributed by atoms with van der Waals surface area (Å²) in [7, 11) is 1.67. The van der Waals surface area contributed by atoms with Gasteiger partial charge in [0.1, 0.15) is 0 Å². The Morgan fingerprint density at radius 2 is 2.21 bits per heavy atom. The highest BCUT2D eigenvalue weighted by Crippen LogP contribution is 2.15. The molecule has 2 amide bonds. The van der Waals surface area contributed by atoms with Crippen molar-refractivity contribution < 1.29 is 9.59 Å². The average molecular weight is 270 g/mol. The van der Waals surface area contributed by atoms with Gasteiger partial charge in [-0.2, -0.15) is 0 Å². The summed E-state index contributed by atoms with van der Waals surface area (Å²) >= 11 is 0. The van der Waals surface area contributed by atoms with Crippen LogP contribution in [0.4, 0.5) is 0 Å². The summed E-state index contributed by atoms with van der Waals surface area (Å²) in [5.74, 6) is -0.124. The van der Waals surface area contributed by atoms with Gasteiger partial charge in [0.2, 0.25) is 11.8 Å². The van der Waals surface area contributed by atoms with Gasteiger partial charge in [-0.3, -0.25) is 14.5 Å². The van der Waals surface area contributed by atoms with Crippen LogP contribution < -0.4 is 11.1 Å². The number of nitrogens with zero attached hydrogens (tertiary/aromatic N) is 2. The maximum absolute atomic E-state index is 12.0. The van der Waals surface area contributed by atoms with Gasteiger partial charge in [0, 0.05) is 26.2 Å². The van der Waals surface area contributed by atoms with E-state index in [1.807, 2.05) is 6.92 Å². The van der Waals surface area contributed by atoms with Crippen molar-refractivity contribution in [3.8, 4) is 0 Å². The first-order valence-electron chi connectivity index (χ1n) is 7.03. The lowest BCUT2D eigenvalue weighted by Crippen LogP contribution is -2.45. The topological polar surface area (TPSA) is 78.7 Å². The molecule has 0 bridgehead atoms. The van der Waals surface area contributed by atoms with Crippen LogP contribution in [0.15, 0.2) is 0 Å². The predicted octanol–water partition coefficient (Wildman–Crippen LogP) is -0.606. The SMILES string of the molecule is CCCNC(=O)CN(C)C(=O)CN1CCCC1CN. The lowest BCUT2D eigenvalue weighted by molar-refractivity contribution is -0.135. The molecule has 6 heteroatoms. The lowest BCUT2D eigenvalue weighted by Gasteiger charge is -2.25. The van der Waals surface area contributed by atoms with Gasteiger partial charge in [-0.1, -0.05) is 6.92 Å². The Balaban J connectivity index is 2.33. The normalized spacial score (nSPS) is 19.4. The van der Waals surface area contributed by atoms with E-state index in [2.05, 4.69) is 10.2 Å². The van der Waals surface area contributed by atoms with Crippen molar-refractivity contribution in [2.75, 3.05) is 39.8 Å². The number of likely N-dealkylation sites (tertiary alicyclic amines) is 1. The second-order valence-electron chi connectivity index (χ2n) is 5.10. The van der Waals surface area contributed by atoms with Gasteiger partial charge >= 0.3 is 0 Å². The van der Waals surface area contributed by atoms with Gasteiger partial charge in [-0.25, -0.2) is 0 Å². The van der Waals surface area contributed by atoms with E-state index in [0.717, 1.165) is 25.8 Å². The second kappa shape index (κ2) is 8.12. The molecular formula is C13H26N4O2. The van der Waals surface area contributed by atoms with Gasteiger partial charge in [-0.15, -0.1) is 0 Å². The highest BCUT2D eigenvalue weighted by Gasteiger charge is 2.26. The van der Waals surface area contributed by atoms with E-state index in [1.54, 1.807) is 7.05 Å². The zero-order valence-electron chi connectivity index (χ0n) is 12.0. The Morgan fingerprint density at radius 3 is 2.84 bits per heavy atom. The summed E-state index contributed by atoms with van der Waals surface area (Å²) in [6.07, 6.45) is 3.05. The van der Waals surface area contributed by atoms with E-state index in [9.17, 15) is 9.59 Å². The number of carbonyl (C=O) groups is 2. The minimum Gasteiger partial charge on any atom is -0.355 e. The molecule has 0 aliphatic carbocycles. The van der Waals surface area contributed by atoms with E-state index < -0.39 is 0 Å². The number of rotatable bonds is 7. The smallest absolute Gasteiger partial charge is 0.239 e. The molecule has 1 atom stereocenters. The molecule has 1 fully saturated rings. The Labute approximate surface area is 115 Å². The van der Waals surface area contributed by atoms with E-state index in [-0.39, 0.29) is 18.4 Å². The van der Waals surface area contributed by atoms with Crippen LogP contribution in [0, 0.1) is 0 Å². The fourth-order valence-electron chi connectivity index (χ4n) is 2.29. The van der Waals surface area contributed by atoms with Gasteiger partial charge in [0.15, 0.2) is 0 Å². The minimum atomic E-state index is -0.102. The number of nitrogens with one attached hydrogen (secondary N) is 1. The van der Waals surface area contributed by atoms with Crippen LogP contribution in [-0.4, -0.2) is 67.4 Å². The molecule has 1 rings (SSSR count). The Morgan fingerprint density at radius 1 is 1.47 bits per heavy atom. The average Bonchev–Trinajstić information content (AvgIpc) is 2.83. The molecule has 1 unspecified atom stereocenters. The molecule has 1 heterocycles. The van der Waals surface area contributed by atoms with Crippen LogP contribution in [0.25, 0.3) is 0 Å². The Hall–Kier alpha value is -1.14. The van der Waals surface area contributed by atoms with Crippen molar-refractivity contribution >= 4 is 11.8 Å².